The van der Waals surface area contributed by atoms with Crippen LogP contribution in [-0.2, 0) is 4.74 Å². The van der Waals surface area contributed by atoms with Gasteiger partial charge in [-0.25, -0.2) is 4.68 Å². The van der Waals surface area contributed by atoms with Gasteiger partial charge < -0.3 is 10.5 Å². The number of anilines is 1. The Kier molecular flexibility index (Phi) is 4.34. The molecule has 0 aliphatic carbocycles. The van der Waals surface area contributed by atoms with Crippen LogP contribution < -0.4 is 5.73 Å². The molecule has 1 unspecified atom stereocenters. The van der Waals surface area contributed by atoms with Crippen LogP contribution in [0.5, 0.6) is 0 Å². The summed E-state index contributed by atoms with van der Waals surface area (Å²) < 4.78 is 7.10. The molecule has 6 nitrogen and oxygen atoms in total. The second kappa shape index (κ2) is 5.99. The first-order chi connectivity index (χ1) is 9.11. The lowest BCUT2D eigenvalue weighted by atomic mass is 10.2. The molecule has 0 saturated heterocycles. The minimum atomic E-state index is 0.0326. The molecule has 0 aliphatic heterocycles. The van der Waals surface area contributed by atoms with E-state index in [0.717, 1.165) is 5.56 Å². The second-order valence-corrected chi connectivity index (χ2v) is 4.67. The van der Waals surface area contributed by atoms with E-state index in [0.29, 0.717) is 29.7 Å². The highest BCUT2D eigenvalue weighted by Gasteiger charge is 2.15. The van der Waals surface area contributed by atoms with Crippen molar-refractivity contribution in [3.63, 3.8) is 0 Å². The van der Waals surface area contributed by atoms with Gasteiger partial charge in [-0.15, -0.1) is 5.10 Å². The molecule has 1 heterocycles. The van der Waals surface area contributed by atoms with Crippen LogP contribution in [0.1, 0.15) is 19.9 Å². The van der Waals surface area contributed by atoms with Gasteiger partial charge in [-0.3, -0.25) is 0 Å². The maximum Gasteiger partial charge on any atom is 0.182 e. The molecule has 0 radical (unpaired) electrons. The molecule has 0 saturated carbocycles. The van der Waals surface area contributed by atoms with Crippen molar-refractivity contribution in [2.75, 3.05) is 18.9 Å². The molecule has 19 heavy (non-hydrogen) atoms. The molecule has 0 aliphatic rings. The first kappa shape index (κ1) is 13.8. The number of hydrogen-bond donors (Lipinski definition) is 1. The summed E-state index contributed by atoms with van der Waals surface area (Å²) >= 11 is 6.00. The second-order valence-electron chi connectivity index (χ2n) is 4.23. The molecule has 1 aromatic heterocycles. The van der Waals surface area contributed by atoms with E-state index < -0.39 is 0 Å². The summed E-state index contributed by atoms with van der Waals surface area (Å²) in [5.41, 5.74) is 7.15. The smallest absolute Gasteiger partial charge is 0.182 e. The van der Waals surface area contributed by atoms with Crippen molar-refractivity contribution in [2.24, 2.45) is 0 Å². The number of halogens is 1. The fourth-order valence-electron chi connectivity index (χ4n) is 1.78. The average Bonchev–Trinajstić information content (AvgIpc) is 2.84. The van der Waals surface area contributed by atoms with E-state index in [2.05, 4.69) is 15.5 Å². The van der Waals surface area contributed by atoms with Crippen LogP contribution in [0.2, 0.25) is 5.02 Å². The lowest BCUT2D eigenvalue weighted by Gasteiger charge is -2.13. The fourth-order valence-corrected chi connectivity index (χ4v) is 2.02. The number of nitrogen functional groups attached to an aromatic ring is 1. The molecule has 1 atom stereocenters. The quantitative estimate of drug-likeness (QED) is 0.850. The van der Waals surface area contributed by atoms with Gasteiger partial charge in [0.1, 0.15) is 0 Å². The van der Waals surface area contributed by atoms with Crippen LogP contribution in [0, 0.1) is 0 Å². The Morgan fingerprint density at radius 2 is 2.21 bits per heavy atom. The number of nitrogens with zero attached hydrogens (tertiary/aromatic N) is 4. The van der Waals surface area contributed by atoms with Gasteiger partial charge in [0.05, 0.1) is 12.6 Å². The van der Waals surface area contributed by atoms with E-state index in [9.17, 15) is 0 Å². The van der Waals surface area contributed by atoms with Crippen molar-refractivity contribution < 1.29 is 4.74 Å². The lowest BCUT2D eigenvalue weighted by molar-refractivity contribution is 0.115. The SMILES string of the molecule is CCOCC(C)n1nnnc1-c1cc(N)cc(Cl)c1. The third-order valence-electron chi connectivity index (χ3n) is 2.65. The van der Waals surface area contributed by atoms with Crippen LogP contribution in [0.25, 0.3) is 11.4 Å². The zero-order valence-corrected chi connectivity index (χ0v) is 11.6. The number of ether oxygens (including phenoxy) is 1. The highest BCUT2D eigenvalue weighted by Crippen LogP contribution is 2.25. The highest BCUT2D eigenvalue weighted by atomic mass is 35.5. The first-order valence-electron chi connectivity index (χ1n) is 6.04. The summed E-state index contributed by atoms with van der Waals surface area (Å²) in [6, 6.07) is 5.29. The first-order valence-corrected chi connectivity index (χ1v) is 6.41. The molecule has 0 amide bonds. The van der Waals surface area contributed by atoms with E-state index >= 15 is 0 Å². The standard InChI is InChI=1S/C12H16ClN5O/c1-3-19-7-8(2)18-12(15-16-17-18)9-4-10(13)6-11(14)5-9/h4-6,8H,3,7,14H2,1-2H3. The predicted octanol–water partition coefficient (Wildman–Crippen LogP) is 2.17. The van der Waals surface area contributed by atoms with Gasteiger partial charge in [0, 0.05) is 22.9 Å². The van der Waals surface area contributed by atoms with Crippen molar-refractivity contribution in [1.82, 2.24) is 20.2 Å². The molecule has 2 aromatic rings. The number of aromatic nitrogens is 4. The summed E-state index contributed by atoms with van der Waals surface area (Å²) in [5.74, 6) is 0.626. The average molecular weight is 282 g/mol. The van der Waals surface area contributed by atoms with Crippen molar-refractivity contribution in [3.05, 3.63) is 23.2 Å². The van der Waals surface area contributed by atoms with Crippen LogP contribution in [-0.4, -0.2) is 33.4 Å². The summed E-state index contributed by atoms with van der Waals surface area (Å²) in [6.07, 6.45) is 0. The number of rotatable bonds is 5. The molecule has 7 heteroatoms. The van der Waals surface area contributed by atoms with Gasteiger partial charge in [0.25, 0.3) is 0 Å². The monoisotopic (exact) mass is 281 g/mol. The topological polar surface area (TPSA) is 78.8 Å². The van der Waals surface area contributed by atoms with Gasteiger partial charge in [0.15, 0.2) is 5.82 Å². The lowest BCUT2D eigenvalue weighted by Crippen LogP contribution is -2.15. The predicted molar refractivity (Wildman–Crippen MR) is 73.9 cm³/mol. The van der Waals surface area contributed by atoms with Gasteiger partial charge in [0.2, 0.25) is 0 Å². The van der Waals surface area contributed by atoms with Crippen LogP contribution in [0.3, 0.4) is 0 Å². The Bertz CT molecular complexity index is 537. The molecular formula is C12H16ClN5O. The van der Waals surface area contributed by atoms with Crippen molar-refractivity contribution in [3.8, 4) is 11.4 Å². The summed E-state index contributed by atoms with van der Waals surface area (Å²) in [4.78, 5) is 0. The number of tetrazole rings is 1. The Balaban J connectivity index is 2.32. The van der Waals surface area contributed by atoms with E-state index in [1.165, 1.54) is 0 Å². The molecule has 2 rings (SSSR count). The Morgan fingerprint density at radius 1 is 1.42 bits per heavy atom. The third kappa shape index (κ3) is 3.21. The Morgan fingerprint density at radius 3 is 2.89 bits per heavy atom. The minimum absolute atomic E-state index is 0.0326. The van der Waals surface area contributed by atoms with Gasteiger partial charge >= 0.3 is 0 Å². The Labute approximate surface area is 116 Å². The van der Waals surface area contributed by atoms with Gasteiger partial charge in [-0.05, 0) is 42.5 Å². The molecule has 102 valence electrons. The van der Waals surface area contributed by atoms with Crippen molar-refractivity contribution in [1.29, 1.82) is 0 Å². The normalized spacial score (nSPS) is 12.6. The molecule has 0 fully saturated rings. The third-order valence-corrected chi connectivity index (χ3v) is 2.87. The minimum Gasteiger partial charge on any atom is -0.399 e. The highest BCUT2D eigenvalue weighted by molar-refractivity contribution is 6.31. The van der Waals surface area contributed by atoms with Crippen LogP contribution in [0.4, 0.5) is 5.69 Å². The molecular weight excluding hydrogens is 266 g/mol. The summed E-state index contributed by atoms with van der Waals surface area (Å²) in [7, 11) is 0. The van der Waals surface area contributed by atoms with E-state index in [-0.39, 0.29) is 6.04 Å². The van der Waals surface area contributed by atoms with Crippen LogP contribution in [0.15, 0.2) is 18.2 Å². The zero-order valence-electron chi connectivity index (χ0n) is 10.9. The largest absolute Gasteiger partial charge is 0.399 e. The molecule has 2 N–H and O–H groups in total. The maximum absolute atomic E-state index is 6.00. The summed E-state index contributed by atoms with van der Waals surface area (Å²) in [5, 5.41) is 12.3. The fraction of sp³-hybridized carbons (Fsp3) is 0.417. The summed E-state index contributed by atoms with van der Waals surface area (Å²) in [6.45, 7) is 5.14. The van der Waals surface area contributed by atoms with Crippen LogP contribution >= 0.6 is 11.6 Å². The van der Waals surface area contributed by atoms with Gasteiger partial charge in [-0.2, -0.15) is 0 Å². The van der Waals surface area contributed by atoms with E-state index in [1.807, 2.05) is 13.8 Å². The molecule has 0 bridgehead atoms. The van der Waals surface area contributed by atoms with Gasteiger partial charge in [-0.1, -0.05) is 11.6 Å². The van der Waals surface area contributed by atoms with E-state index in [1.54, 1.807) is 22.9 Å². The number of benzene rings is 1. The molecule has 1 aromatic carbocycles. The Hall–Kier alpha value is -1.66. The molecule has 0 spiro atoms. The zero-order chi connectivity index (χ0) is 13.8. The van der Waals surface area contributed by atoms with Crippen molar-refractivity contribution >= 4 is 17.3 Å². The maximum atomic E-state index is 6.00. The number of hydrogen-bond acceptors (Lipinski definition) is 5. The van der Waals surface area contributed by atoms with E-state index in [4.69, 9.17) is 22.1 Å². The number of nitrogens with two attached hydrogens (primary N) is 1. The van der Waals surface area contributed by atoms with Crippen molar-refractivity contribution in [2.45, 2.75) is 19.9 Å².